The predicted molar refractivity (Wildman–Crippen MR) is 116 cm³/mol. The monoisotopic (exact) mass is 413 g/mol. The van der Waals surface area contributed by atoms with Gasteiger partial charge in [-0.1, -0.05) is 25.5 Å². The van der Waals surface area contributed by atoms with Crippen molar-refractivity contribution in [3.8, 4) is 11.8 Å². The Bertz CT molecular complexity index is 915. The average molecular weight is 414 g/mol. The molecule has 1 aromatic carbocycles. The largest absolute Gasteiger partial charge is 0.493 e. The highest BCUT2D eigenvalue weighted by molar-refractivity contribution is 7.80. The fraction of sp³-hybridized carbons (Fsp3) is 0.381. The van der Waals surface area contributed by atoms with Crippen molar-refractivity contribution in [3.05, 3.63) is 45.8 Å². The van der Waals surface area contributed by atoms with E-state index in [0.29, 0.717) is 28.5 Å². The zero-order valence-corrected chi connectivity index (χ0v) is 17.5. The van der Waals surface area contributed by atoms with Crippen molar-refractivity contribution in [2.45, 2.75) is 45.4 Å². The van der Waals surface area contributed by atoms with Gasteiger partial charge in [-0.15, -0.1) is 11.3 Å². The molecule has 146 valence electrons. The highest BCUT2D eigenvalue weighted by Gasteiger charge is 2.22. The minimum absolute atomic E-state index is 0.184. The Hall–Kier alpha value is -2.43. The molecule has 1 aliphatic rings. The number of para-hydroxylation sites is 1. The second-order valence-corrected chi connectivity index (χ2v) is 8.15. The second-order valence-electron chi connectivity index (χ2n) is 6.63. The molecule has 0 unspecified atom stereocenters. The van der Waals surface area contributed by atoms with Gasteiger partial charge in [-0.25, -0.2) is 0 Å². The van der Waals surface area contributed by atoms with E-state index < -0.39 is 0 Å². The maximum atomic E-state index is 12.7. The lowest BCUT2D eigenvalue weighted by Crippen LogP contribution is -2.34. The van der Waals surface area contributed by atoms with Crippen LogP contribution >= 0.6 is 23.6 Å². The first-order valence-corrected chi connectivity index (χ1v) is 10.7. The number of nitrogens with one attached hydrogen (secondary N) is 2. The van der Waals surface area contributed by atoms with Crippen LogP contribution in [0.2, 0.25) is 0 Å². The zero-order valence-electron chi connectivity index (χ0n) is 15.8. The number of thiocarbonyl (C=S) groups is 1. The molecule has 0 radical (unpaired) electrons. The summed E-state index contributed by atoms with van der Waals surface area (Å²) < 4.78 is 5.72. The summed E-state index contributed by atoms with van der Waals surface area (Å²) in [5.41, 5.74) is 2.22. The van der Waals surface area contributed by atoms with Gasteiger partial charge < -0.3 is 10.1 Å². The smallest absolute Gasteiger partial charge is 0.261 e. The Morgan fingerprint density at radius 2 is 2.11 bits per heavy atom. The third-order valence-corrected chi connectivity index (χ3v) is 6.04. The maximum absolute atomic E-state index is 12.7. The summed E-state index contributed by atoms with van der Waals surface area (Å²) in [6, 6.07) is 9.41. The number of nitriles is 1. The fourth-order valence-electron chi connectivity index (χ4n) is 3.18. The number of benzene rings is 1. The first kappa shape index (κ1) is 20.3. The summed E-state index contributed by atoms with van der Waals surface area (Å²) in [5.74, 6) is 0.213. The van der Waals surface area contributed by atoms with Crippen LogP contribution in [0.4, 0.5) is 5.00 Å². The molecule has 0 fully saturated rings. The minimum atomic E-state index is -0.329. The first-order chi connectivity index (χ1) is 13.6. The molecule has 0 saturated heterocycles. The second kappa shape index (κ2) is 9.67. The Morgan fingerprint density at radius 1 is 1.32 bits per heavy atom. The van der Waals surface area contributed by atoms with Crippen LogP contribution < -0.4 is 15.4 Å². The van der Waals surface area contributed by atoms with Gasteiger partial charge in [-0.3, -0.25) is 10.1 Å². The van der Waals surface area contributed by atoms with Gasteiger partial charge in [0.25, 0.3) is 5.91 Å². The number of thiophene rings is 1. The normalized spacial score (nSPS) is 12.6. The van der Waals surface area contributed by atoms with E-state index in [0.717, 1.165) is 44.1 Å². The number of ether oxygens (including phenoxy) is 1. The van der Waals surface area contributed by atoms with Crippen molar-refractivity contribution in [2.24, 2.45) is 0 Å². The van der Waals surface area contributed by atoms with Gasteiger partial charge in [0.1, 0.15) is 16.8 Å². The molecule has 1 aliphatic carbocycles. The van der Waals surface area contributed by atoms with Crippen LogP contribution in [0.25, 0.3) is 0 Å². The van der Waals surface area contributed by atoms with Gasteiger partial charge in [0.05, 0.1) is 17.7 Å². The Balaban J connectivity index is 1.68. The highest BCUT2D eigenvalue weighted by Crippen LogP contribution is 2.37. The third-order valence-electron chi connectivity index (χ3n) is 4.62. The van der Waals surface area contributed by atoms with E-state index in [2.05, 4.69) is 23.6 Å². The molecule has 0 spiro atoms. The van der Waals surface area contributed by atoms with E-state index in [4.69, 9.17) is 17.0 Å². The summed E-state index contributed by atoms with van der Waals surface area (Å²) in [6.45, 7) is 2.65. The standard InChI is InChI=1S/C21H23N3O2S2/c1-2-3-12-26-17-10-6-4-9-15(17)19(25)23-21(27)24-20-16(13-22)14-8-5-7-11-18(14)28-20/h4,6,9-10H,2-3,5,7-8,11-12H2,1H3,(H2,23,24,25,27). The molecule has 0 bridgehead atoms. The first-order valence-electron chi connectivity index (χ1n) is 9.52. The number of nitrogens with zero attached hydrogens (tertiary/aromatic N) is 1. The number of aryl methyl sites for hydroxylation is 1. The average Bonchev–Trinajstić information content (AvgIpc) is 3.05. The molecule has 0 aliphatic heterocycles. The van der Waals surface area contributed by atoms with E-state index in [1.807, 2.05) is 6.07 Å². The summed E-state index contributed by atoms with van der Waals surface area (Å²) >= 11 is 6.88. The van der Waals surface area contributed by atoms with Crippen molar-refractivity contribution >= 4 is 39.6 Å². The van der Waals surface area contributed by atoms with Crippen molar-refractivity contribution in [2.75, 3.05) is 11.9 Å². The summed E-state index contributed by atoms with van der Waals surface area (Å²) in [6.07, 6.45) is 6.13. The molecule has 3 rings (SSSR count). The molecular weight excluding hydrogens is 390 g/mol. The molecule has 2 N–H and O–H groups in total. The molecular formula is C21H23N3O2S2. The number of rotatable bonds is 6. The molecule has 7 heteroatoms. The maximum Gasteiger partial charge on any atom is 0.261 e. The van der Waals surface area contributed by atoms with Crippen LogP contribution in [0.3, 0.4) is 0 Å². The van der Waals surface area contributed by atoms with E-state index >= 15 is 0 Å². The number of anilines is 1. The lowest BCUT2D eigenvalue weighted by Gasteiger charge is -2.12. The Kier molecular flexibility index (Phi) is 7.01. The molecule has 0 saturated carbocycles. The van der Waals surface area contributed by atoms with Gasteiger partial charge in [-0.05, 0) is 62.0 Å². The number of hydrogen-bond acceptors (Lipinski definition) is 5. The lowest BCUT2D eigenvalue weighted by molar-refractivity contribution is 0.0973. The number of hydrogen-bond donors (Lipinski definition) is 2. The summed E-state index contributed by atoms with van der Waals surface area (Å²) in [4.78, 5) is 13.9. The van der Waals surface area contributed by atoms with Crippen LogP contribution in [0.15, 0.2) is 24.3 Å². The van der Waals surface area contributed by atoms with E-state index in [1.54, 1.807) is 29.5 Å². The van der Waals surface area contributed by atoms with Crippen molar-refractivity contribution in [1.29, 1.82) is 5.26 Å². The number of fused-ring (bicyclic) bond motifs is 1. The lowest BCUT2D eigenvalue weighted by atomic mass is 9.96. The van der Waals surface area contributed by atoms with Crippen molar-refractivity contribution in [3.63, 3.8) is 0 Å². The predicted octanol–water partition coefficient (Wildman–Crippen LogP) is 4.80. The van der Waals surface area contributed by atoms with Gasteiger partial charge >= 0.3 is 0 Å². The van der Waals surface area contributed by atoms with E-state index in [9.17, 15) is 10.1 Å². The van der Waals surface area contributed by atoms with E-state index in [-0.39, 0.29) is 11.0 Å². The fourth-order valence-corrected chi connectivity index (χ4v) is 4.69. The topological polar surface area (TPSA) is 74.2 Å². The highest BCUT2D eigenvalue weighted by atomic mass is 32.1. The quantitative estimate of drug-likeness (QED) is 0.525. The number of carbonyl (C=O) groups is 1. The zero-order chi connectivity index (χ0) is 19.9. The number of amides is 1. The Morgan fingerprint density at radius 3 is 2.89 bits per heavy atom. The van der Waals surface area contributed by atoms with Crippen LogP contribution in [-0.2, 0) is 12.8 Å². The minimum Gasteiger partial charge on any atom is -0.493 e. The molecule has 5 nitrogen and oxygen atoms in total. The molecule has 0 atom stereocenters. The van der Waals surface area contributed by atoms with Gasteiger partial charge in [0.15, 0.2) is 5.11 Å². The molecule has 2 aromatic rings. The van der Waals surface area contributed by atoms with Crippen LogP contribution in [0.5, 0.6) is 5.75 Å². The third kappa shape index (κ3) is 4.70. The van der Waals surface area contributed by atoms with Crippen molar-refractivity contribution in [1.82, 2.24) is 5.32 Å². The molecule has 1 aromatic heterocycles. The molecule has 28 heavy (non-hydrogen) atoms. The summed E-state index contributed by atoms with van der Waals surface area (Å²) in [5, 5.41) is 16.2. The van der Waals surface area contributed by atoms with Crippen LogP contribution in [0.1, 0.15) is 59.0 Å². The number of carbonyl (C=O) groups excluding carboxylic acids is 1. The SMILES string of the molecule is CCCCOc1ccccc1C(=O)NC(=S)Nc1sc2c(c1C#N)CCCC2. The molecule has 1 heterocycles. The van der Waals surface area contributed by atoms with Gasteiger partial charge in [0, 0.05) is 4.88 Å². The summed E-state index contributed by atoms with van der Waals surface area (Å²) in [7, 11) is 0. The van der Waals surface area contributed by atoms with Crippen LogP contribution in [-0.4, -0.2) is 17.6 Å². The molecule has 1 amide bonds. The van der Waals surface area contributed by atoms with Gasteiger partial charge in [0.2, 0.25) is 0 Å². The van der Waals surface area contributed by atoms with Gasteiger partial charge in [-0.2, -0.15) is 5.26 Å². The van der Waals surface area contributed by atoms with Crippen molar-refractivity contribution < 1.29 is 9.53 Å². The number of unbranched alkanes of at least 4 members (excludes halogenated alkanes) is 1. The van der Waals surface area contributed by atoms with E-state index in [1.165, 1.54) is 4.88 Å². The van der Waals surface area contributed by atoms with Crippen LogP contribution in [0, 0.1) is 11.3 Å². The Labute approximate surface area is 174 Å².